The van der Waals surface area contributed by atoms with E-state index in [0.29, 0.717) is 4.83 Å². The predicted octanol–water partition coefficient (Wildman–Crippen LogP) is 4.03. The van der Waals surface area contributed by atoms with Crippen molar-refractivity contribution >= 4 is 21.8 Å². The van der Waals surface area contributed by atoms with Gasteiger partial charge < -0.3 is 5.32 Å². The van der Waals surface area contributed by atoms with Gasteiger partial charge in [0.1, 0.15) is 0 Å². The summed E-state index contributed by atoms with van der Waals surface area (Å²) >= 11 is 3.63. The van der Waals surface area contributed by atoms with Crippen LogP contribution in [0.5, 0.6) is 0 Å². The molecule has 2 rings (SSSR count). The quantitative estimate of drug-likeness (QED) is 0.818. The fourth-order valence-electron chi connectivity index (χ4n) is 2.45. The van der Waals surface area contributed by atoms with Crippen molar-refractivity contribution in [1.82, 2.24) is 5.32 Å². The van der Waals surface area contributed by atoms with Crippen LogP contribution in [0.15, 0.2) is 24.3 Å². The van der Waals surface area contributed by atoms with Crippen LogP contribution in [0.1, 0.15) is 56.0 Å². The van der Waals surface area contributed by atoms with E-state index in [4.69, 9.17) is 0 Å². The van der Waals surface area contributed by atoms with Gasteiger partial charge >= 0.3 is 0 Å². The standard InChI is InChI=1S/C16H22BrNO/c1-16(2,3)12-9-7-11(8-10-12)15(19)18-14-6-4-5-13(14)17/h7-10,13-14H,4-6H2,1-3H3,(H,18,19). The molecule has 2 atom stereocenters. The summed E-state index contributed by atoms with van der Waals surface area (Å²) in [5.74, 6) is 0.0387. The van der Waals surface area contributed by atoms with Crippen molar-refractivity contribution in [3.05, 3.63) is 35.4 Å². The first-order chi connectivity index (χ1) is 8.88. The molecule has 1 aliphatic rings. The first-order valence-electron chi connectivity index (χ1n) is 6.93. The third kappa shape index (κ3) is 3.59. The van der Waals surface area contributed by atoms with Gasteiger partial charge in [-0.2, -0.15) is 0 Å². The molecular weight excluding hydrogens is 302 g/mol. The normalized spacial score (nSPS) is 23.4. The SMILES string of the molecule is CC(C)(C)c1ccc(C(=O)NC2CCCC2Br)cc1. The highest BCUT2D eigenvalue weighted by molar-refractivity contribution is 9.09. The second-order valence-corrected chi connectivity index (χ2v) is 7.53. The number of rotatable bonds is 2. The molecule has 3 heteroatoms. The number of alkyl halides is 1. The van der Waals surface area contributed by atoms with E-state index in [-0.39, 0.29) is 17.4 Å². The Morgan fingerprint density at radius 3 is 2.32 bits per heavy atom. The zero-order valence-corrected chi connectivity index (χ0v) is 13.5. The van der Waals surface area contributed by atoms with Crippen LogP contribution < -0.4 is 5.32 Å². The van der Waals surface area contributed by atoms with Crippen LogP contribution in [0.3, 0.4) is 0 Å². The number of nitrogens with one attached hydrogen (secondary N) is 1. The minimum Gasteiger partial charge on any atom is -0.348 e. The van der Waals surface area contributed by atoms with Crippen molar-refractivity contribution in [2.75, 3.05) is 0 Å². The molecule has 0 aromatic heterocycles. The van der Waals surface area contributed by atoms with E-state index in [1.165, 1.54) is 12.0 Å². The molecule has 104 valence electrons. The maximum Gasteiger partial charge on any atom is 0.251 e. The van der Waals surface area contributed by atoms with Crippen LogP contribution in [0.25, 0.3) is 0 Å². The number of amides is 1. The molecule has 1 aromatic rings. The minimum atomic E-state index is 0.0387. The highest BCUT2D eigenvalue weighted by Gasteiger charge is 2.26. The van der Waals surface area contributed by atoms with Crippen LogP contribution in [-0.4, -0.2) is 16.8 Å². The highest BCUT2D eigenvalue weighted by atomic mass is 79.9. The Morgan fingerprint density at radius 1 is 1.21 bits per heavy atom. The molecule has 1 aromatic carbocycles. The number of hydrogen-bond donors (Lipinski definition) is 1. The summed E-state index contributed by atoms with van der Waals surface area (Å²) in [6.07, 6.45) is 3.40. The third-order valence-corrected chi connectivity index (χ3v) is 4.86. The van der Waals surface area contributed by atoms with Gasteiger partial charge in [-0.15, -0.1) is 0 Å². The lowest BCUT2D eigenvalue weighted by Gasteiger charge is -2.20. The topological polar surface area (TPSA) is 29.1 Å². The molecule has 19 heavy (non-hydrogen) atoms. The number of halogens is 1. The van der Waals surface area contributed by atoms with Gasteiger partial charge in [0.25, 0.3) is 5.91 Å². The van der Waals surface area contributed by atoms with Crippen molar-refractivity contribution in [2.24, 2.45) is 0 Å². The fraction of sp³-hybridized carbons (Fsp3) is 0.562. The van der Waals surface area contributed by atoms with Crippen LogP contribution in [0.4, 0.5) is 0 Å². The molecule has 1 saturated carbocycles. The molecule has 1 fully saturated rings. The Kier molecular flexibility index (Phi) is 4.34. The Morgan fingerprint density at radius 2 is 1.84 bits per heavy atom. The summed E-state index contributed by atoms with van der Waals surface area (Å²) in [6.45, 7) is 6.53. The molecule has 0 heterocycles. The lowest BCUT2D eigenvalue weighted by Crippen LogP contribution is -2.37. The molecule has 0 radical (unpaired) electrons. The number of hydrogen-bond acceptors (Lipinski definition) is 1. The van der Waals surface area contributed by atoms with Crippen LogP contribution in [0.2, 0.25) is 0 Å². The van der Waals surface area contributed by atoms with E-state index >= 15 is 0 Å². The molecule has 2 unspecified atom stereocenters. The van der Waals surface area contributed by atoms with Crippen molar-refractivity contribution < 1.29 is 4.79 Å². The largest absolute Gasteiger partial charge is 0.348 e. The Labute approximate surface area is 124 Å². The minimum absolute atomic E-state index is 0.0387. The lowest BCUT2D eigenvalue weighted by molar-refractivity contribution is 0.0939. The highest BCUT2D eigenvalue weighted by Crippen LogP contribution is 2.26. The van der Waals surface area contributed by atoms with Crippen LogP contribution in [-0.2, 0) is 5.41 Å². The van der Waals surface area contributed by atoms with Gasteiger partial charge in [0.15, 0.2) is 0 Å². The summed E-state index contributed by atoms with van der Waals surface area (Å²) in [5.41, 5.74) is 2.13. The molecule has 1 N–H and O–H groups in total. The van der Waals surface area contributed by atoms with E-state index in [0.717, 1.165) is 18.4 Å². The van der Waals surface area contributed by atoms with Crippen molar-refractivity contribution in [3.63, 3.8) is 0 Å². The third-order valence-electron chi connectivity index (χ3n) is 3.76. The van der Waals surface area contributed by atoms with Crippen LogP contribution in [0, 0.1) is 0 Å². The zero-order chi connectivity index (χ0) is 14.0. The van der Waals surface area contributed by atoms with Gasteiger partial charge in [0.2, 0.25) is 0 Å². The second kappa shape index (κ2) is 5.66. The molecule has 1 aliphatic carbocycles. The monoisotopic (exact) mass is 323 g/mol. The first-order valence-corrected chi connectivity index (χ1v) is 7.85. The summed E-state index contributed by atoms with van der Waals surface area (Å²) in [7, 11) is 0. The molecular formula is C16H22BrNO. The van der Waals surface area contributed by atoms with Gasteiger partial charge in [-0.05, 0) is 36.0 Å². The summed E-state index contributed by atoms with van der Waals surface area (Å²) in [5, 5.41) is 3.12. The molecule has 1 amide bonds. The molecule has 0 bridgehead atoms. The van der Waals surface area contributed by atoms with E-state index in [1.807, 2.05) is 12.1 Å². The van der Waals surface area contributed by atoms with Crippen molar-refractivity contribution in [3.8, 4) is 0 Å². The molecule has 0 saturated heterocycles. The maximum atomic E-state index is 12.2. The smallest absolute Gasteiger partial charge is 0.251 e. The molecule has 2 nitrogen and oxygen atoms in total. The van der Waals surface area contributed by atoms with E-state index in [2.05, 4.69) is 54.2 Å². The maximum absolute atomic E-state index is 12.2. The summed E-state index contributed by atoms with van der Waals surface area (Å²) in [6, 6.07) is 8.22. The van der Waals surface area contributed by atoms with Gasteiger partial charge in [0, 0.05) is 16.4 Å². The zero-order valence-electron chi connectivity index (χ0n) is 11.9. The number of carbonyl (C=O) groups excluding carboxylic acids is 1. The van der Waals surface area contributed by atoms with Gasteiger partial charge in [-0.1, -0.05) is 55.3 Å². The van der Waals surface area contributed by atoms with Gasteiger partial charge in [0.05, 0.1) is 0 Å². The Balaban J connectivity index is 2.03. The fourth-order valence-corrected chi connectivity index (χ4v) is 3.17. The Bertz CT molecular complexity index is 447. The van der Waals surface area contributed by atoms with Crippen molar-refractivity contribution in [2.45, 2.75) is 56.3 Å². The average Bonchev–Trinajstić information content (AvgIpc) is 2.74. The molecule has 0 spiro atoms. The lowest BCUT2D eigenvalue weighted by atomic mass is 9.86. The first kappa shape index (κ1) is 14.6. The van der Waals surface area contributed by atoms with E-state index in [1.54, 1.807) is 0 Å². The summed E-state index contributed by atoms with van der Waals surface area (Å²) in [4.78, 5) is 12.6. The van der Waals surface area contributed by atoms with E-state index < -0.39 is 0 Å². The van der Waals surface area contributed by atoms with Gasteiger partial charge in [-0.25, -0.2) is 0 Å². The predicted molar refractivity (Wildman–Crippen MR) is 83.0 cm³/mol. The molecule has 0 aliphatic heterocycles. The summed E-state index contributed by atoms with van der Waals surface area (Å²) < 4.78 is 0. The van der Waals surface area contributed by atoms with Crippen LogP contribution >= 0.6 is 15.9 Å². The van der Waals surface area contributed by atoms with Gasteiger partial charge in [-0.3, -0.25) is 4.79 Å². The van der Waals surface area contributed by atoms with E-state index in [9.17, 15) is 4.79 Å². The van der Waals surface area contributed by atoms with Crippen molar-refractivity contribution in [1.29, 1.82) is 0 Å². The second-order valence-electron chi connectivity index (χ2n) is 6.35. The number of benzene rings is 1. The number of carbonyl (C=O) groups is 1. The Hall–Kier alpha value is -0.830. The average molecular weight is 324 g/mol.